The highest BCUT2D eigenvalue weighted by molar-refractivity contribution is 7.09. The molecule has 1 aromatic heterocycles. The van der Waals surface area contributed by atoms with Crippen molar-refractivity contribution in [3.63, 3.8) is 0 Å². The fraction of sp³-hybridized carbons (Fsp3) is 0.600. The van der Waals surface area contributed by atoms with Gasteiger partial charge in [-0.3, -0.25) is 9.59 Å². The second-order valence-corrected chi connectivity index (χ2v) is 6.43. The number of aliphatic carboxylic acids is 1. The number of rotatable bonds is 5. The predicted molar refractivity (Wildman–Crippen MR) is 78.8 cm³/mol. The van der Waals surface area contributed by atoms with Crippen LogP contribution in [0.1, 0.15) is 37.5 Å². The summed E-state index contributed by atoms with van der Waals surface area (Å²) in [6.45, 7) is 3.06. The van der Waals surface area contributed by atoms with Crippen molar-refractivity contribution in [2.24, 2.45) is 5.41 Å². The number of hydrogen-bond donors (Lipinski definition) is 1. The van der Waals surface area contributed by atoms with E-state index in [2.05, 4.69) is 0 Å². The zero-order valence-corrected chi connectivity index (χ0v) is 12.6. The van der Waals surface area contributed by atoms with Crippen molar-refractivity contribution in [2.45, 2.75) is 39.0 Å². The fourth-order valence-corrected chi connectivity index (χ4v) is 3.45. The van der Waals surface area contributed by atoms with E-state index in [1.807, 2.05) is 29.3 Å². The van der Waals surface area contributed by atoms with Gasteiger partial charge >= 0.3 is 5.97 Å². The maximum Gasteiger partial charge on any atom is 0.309 e. The van der Waals surface area contributed by atoms with E-state index in [-0.39, 0.29) is 5.91 Å². The zero-order chi connectivity index (χ0) is 14.6. The maximum absolute atomic E-state index is 12.1. The highest BCUT2D eigenvalue weighted by atomic mass is 32.1. The minimum absolute atomic E-state index is 0.147. The van der Waals surface area contributed by atoms with Crippen LogP contribution in [-0.4, -0.2) is 35.0 Å². The van der Waals surface area contributed by atoms with Gasteiger partial charge in [0.15, 0.2) is 0 Å². The molecule has 0 bridgehead atoms. The molecule has 4 nitrogen and oxygen atoms in total. The smallest absolute Gasteiger partial charge is 0.309 e. The zero-order valence-electron chi connectivity index (χ0n) is 11.8. The summed E-state index contributed by atoms with van der Waals surface area (Å²) in [6, 6.07) is 4.04. The van der Waals surface area contributed by atoms with E-state index in [0.29, 0.717) is 38.8 Å². The maximum atomic E-state index is 12.1. The molecule has 5 heteroatoms. The van der Waals surface area contributed by atoms with Crippen LogP contribution < -0.4 is 0 Å². The molecule has 2 heterocycles. The number of carbonyl (C=O) groups excluding carboxylic acids is 1. The van der Waals surface area contributed by atoms with Crippen molar-refractivity contribution in [1.82, 2.24) is 4.90 Å². The lowest BCUT2D eigenvalue weighted by molar-refractivity contribution is -0.154. The predicted octanol–water partition coefficient (Wildman–Crippen LogP) is 2.78. The summed E-state index contributed by atoms with van der Waals surface area (Å²) in [6.07, 6.45) is 3.09. The third-order valence-electron chi connectivity index (χ3n) is 4.37. The van der Waals surface area contributed by atoms with E-state index in [4.69, 9.17) is 0 Å². The molecular formula is C15H21NO3S. The van der Waals surface area contributed by atoms with Gasteiger partial charge in [0.05, 0.1) is 5.41 Å². The van der Waals surface area contributed by atoms with Crippen LogP contribution in [0.5, 0.6) is 0 Å². The second kappa shape index (κ2) is 6.39. The van der Waals surface area contributed by atoms with Gasteiger partial charge in [-0.15, -0.1) is 11.3 Å². The fourth-order valence-electron chi connectivity index (χ4n) is 2.75. The SMILES string of the molecule is CCC1(C(=O)O)CCN(C(=O)CCc2cccs2)CC1. The van der Waals surface area contributed by atoms with Gasteiger partial charge in [-0.2, -0.15) is 0 Å². The summed E-state index contributed by atoms with van der Waals surface area (Å²) < 4.78 is 0. The molecule has 110 valence electrons. The molecule has 0 aliphatic carbocycles. The topological polar surface area (TPSA) is 57.6 Å². The van der Waals surface area contributed by atoms with Gasteiger partial charge in [0.2, 0.25) is 5.91 Å². The minimum atomic E-state index is -0.717. The number of aryl methyl sites for hydroxylation is 1. The summed E-state index contributed by atoms with van der Waals surface area (Å²) in [5, 5.41) is 11.4. The Bertz CT molecular complexity index is 461. The second-order valence-electron chi connectivity index (χ2n) is 5.40. The first-order valence-corrected chi connectivity index (χ1v) is 7.99. The molecule has 1 aromatic rings. The van der Waals surface area contributed by atoms with Gasteiger partial charge < -0.3 is 10.0 Å². The Labute approximate surface area is 123 Å². The molecule has 1 amide bonds. The van der Waals surface area contributed by atoms with Crippen molar-refractivity contribution >= 4 is 23.2 Å². The molecule has 1 aliphatic heterocycles. The van der Waals surface area contributed by atoms with Crippen LogP contribution in [0.3, 0.4) is 0 Å². The summed E-state index contributed by atoms with van der Waals surface area (Å²) in [7, 11) is 0. The van der Waals surface area contributed by atoms with Gasteiger partial charge in [0, 0.05) is 24.4 Å². The van der Waals surface area contributed by atoms with Crippen molar-refractivity contribution in [3.05, 3.63) is 22.4 Å². The van der Waals surface area contributed by atoms with E-state index < -0.39 is 11.4 Å². The van der Waals surface area contributed by atoms with Crippen molar-refractivity contribution in [3.8, 4) is 0 Å². The number of thiophene rings is 1. The average Bonchev–Trinajstić information content (AvgIpc) is 2.98. The third-order valence-corrected chi connectivity index (χ3v) is 5.31. The lowest BCUT2D eigenvalue weighted by Crippen LogP contribution is -2.46. The first-order chi connectivity index (χ1) is 9.57. The average molecular weight is 295 g/mol. The highest BCUT2D eigenvalue weighted by Gasteiger charge is 2.40. The van der Waals surface area contributed by atoms with Gasteiger partial charge in [-0.25, -0.2) is 0 Å². The van der Waals surface area contributed by atoms with E-state index in [9.17, 15) is 14.7 Å². The van der Waals surface area contributed by atoms with Crippen molar-refractivity contribution in [1.29, 1.82) is 0 Å². The lowest BCUT2D eigenvalue weighted by atomic mass is 9.76. The first kappa shape index (κ1) is 15.0. The third kappa shape index (κ3) is 3.20. The van der Waals surface area contributed by atoms with Gasteiger partial charge in [-0.1, -0.05) is 13.0 Å². The number of nitrogens with zero attached hydrogens (tertiary/aromatic N) is 1. The molecule has 0 unspecified atom stereocenters. The molecule has 1 fully saturated rings. The van der Waals surface area contributed by atoms with E-state index in [0.717, 1.165) is 6.42 Å². The molecule has 0 atom stereocenters. The van der Waals surface area contributed by atoms with Crippen LogP contribution in [0.15, 0.2) is 17.5 Å². The molecule has 2 rings (SSSR count). The van der Waals surface area contributed by atoms with Crippen LogP contribution in [-0.2, 0) is 16.0 Å². The molecule has 0 radical (unpaired) electrons. The lowest BCUT2D eigenvalue weighted by Gasteiger charge is -2.38. The van der Waals surface area contributed by atoms with Crippen molar-refractivity contribution in [2.75, 3.05) is 13.1 Å². The van der Waals surface area contributed by atoms with E-state index >= 15 is 0 Å². The number of hydrogen-bond acceptors (Lipinski definition) is 3. The van der Waals surface area contributed by atoms with Gasteiger partial charge in [0.25, 0.3) is 0 Å². The van der Waals surface area contributed by atoms with Crippen LogP contribution in [0, 0.1) is 5.41 Å². The summed E-state index contributed by atoms with van der Waals surface area (Å²) >= 11 is 1.67. The molecular weight excluding hydrogens is 274 g/mol. The van der Waals surface area contributed by atoms with Crippen LogP contribution in [0.2, 0.25) is 0 Å². The van der Waals surface area contributed by atoms with Crippen LogP contribution in [0.4, 0.5) is 0 Å². The Kier molecular flexibility index (Phi) is 4.81. The monoisotopic (exact) mass is 295 g/mol. The molecule has 1 saturated heterocycles. The summed E-state index contributed by atoms with van der Waals surface area (Å²) in [4.78, 5) is 26.6. The number of piperidine rings is 1. The molecule has 0 spiro atoms. The molecule has 1 aliphatic rings. The number of likely N-dealkylation sites (tertiary alicyclic amines) is 1. The van der Waals surface area contributed by atoms with Gasteiger partial charge in [0.1, 0.15) is 0 Å². The molecule has 0 aromatic carbocycles. The Morgan fingerprint density at radius 3 is 2.60 bits per heavy atom. The number of carboxylic acid groups (broad SMARTS) is 1. The normalized spacial score (nSPS) is 17.9. The number of carbonyl (C=O) groups is 2. The Balaban J connectivity index is 1.84. The highest BCUT2D eigenvalue weighted by Crippen LogP contribution is 2.35. The van der Waals surface area contributed by atoms with E-state index in [1.54, 1.807) is 11.3 Å². The quantitative estimate of drug-likeness (QED) is 0.908. The Hall–Kier alpha value is -1.36. The van der Waals surface area contributed by atoms with Gasteiger partial charge in [-0.05, 0) is 37.1 Å². The number of amides is 1. The summed E-state index contributed by atoms with van der Waals surface area (Å²) in [5.74, 6) is -0.570. The number of carboxylic acids is 1. The Morgan fingerprint density at radius 2 is 2.10 bits per heavy atom. The molecule has 20 heavy (non-hydrogen) atoms. The standard InChI is InChI=1S/C15H21NO3S/c1-2-15(14(18)19)7-9-16(10-8-15)13(17)6-5-12-4-3-11-20-12/h3-4,11H,2,5-10H2,1H3,(H,18,19). The van der Waals surface area contributed by atoms with Crippen molar-refractivity contribution < 1.29 is 14.7 Å². The minimum Gasteiger partial charge on any atom is -0.481 e. The van der Waals surface area contributed by atoms with Crippen LogP contribution in [0.25, 0.3) is 0 Å². The summed E-state index contributed by atoms with van der Waals surface area (Å²) in [5.41, 5.74) is -0.621. The largest absolute Gasteiger partial charge is 0.481 e. The Morgan fingerprint density at radius 1 is 1.40 bits per heavy atom. The first-order valence-electron chi connectivity index (χ1n) is 7.11. The molecule has 1 N–H and O–H groups in total. The van der Waals surface area contributed by atoms with Crippen LogP contribution >= 0.6 is 11.3 Å². The molecule has 0 saturated carbocycles. The van der Waals surface area contributed by atoms with E-state index in [1.165, 1.54) is 4.88 Å².